The summed E-state index contributed by atoms with van der Waals surface area (Å²) >= 11 is 0. The van der Waals surface area contributed by atoms with Crippen molar-refractivity contribution in [2.45, 2.75) is 37.2 Å². The number of H-pyrrole nitrogens is 1. The van der Waals surface area contributed by atoms with Gasteiger partial charge in [-0.3, -0.25) is 4.79 Å². The minimum atomic E-state index is -3.84. The van der Waals surface area contributed by atoms with Crippen molar-refractivity contribution in [3.05, 3.63) is 83.9 Å². The molecule has 0 radical (unpaired) electrons. The van der Waals surface area contributed by atoms with Crippen LogP contribution < -0.4 is 5.32 Å². The zero-order chi connectivity index (χ0) is 23.7. The monoisotopic (exact) mass is 474 g/mol. The van der Waals surface area contributed by atoms with Gasteiger partial charge < -0.3 is 10.3 Å². The molecule has 1 aliphatic heterocycles. The van der Waals surface area contributed by atoms with Crippen LogP contribution in [0.1, 0.15) is 24.0 Å². The highest BCUT2D eigenvalue weighted by Gasteiger charge is 2.39. The molecule has 174 valence electrons. The highest BCUT2D eigenvalue weighted by molar-refractivity contribution is 7.89. The average molecular weight is 475 g/mol. The standard InChI is InChI=1S/C26H26N4O3S/c1-18-9-11-19(12-10-18)17-27-26(31)24-8-5-15-30(24)34(32,33)21-13-14-22-23(16-21)29-25(28-22)20-6-3-2-4-7-20/h2-4,6-7,9-14,16,24H,5,8,15,17H2,1H3,(H,27,31)(H,28,29). The molecule has 1 fully saturated rings. The van der Waals surface area contributed by atoms with Crippen LogP contribution in [0.2, 0.25) is 0 Å². The highest BCUT2D eigenvalue weighted by atomic mass is 32.2. The Kier molecular flexibility index (Phi) is 5.93. The average Bonchev–Trinajstić information content (AvgIpc) is 3.51. The number of fused-ring (bicyclic) bond motifs is 1. The molecule has 34 heavy (non-hydrogen) atoms. The lowest BCUT2D eigenvalue weighted by Gasteiger charge is -2.23. The van der Waals surface area contributed by atoms with Gasteiger partial charge in [0.1, 0.15) is 11.9 Å². The number of amides is 1. The Morgan fingerprint density at radius 2 is 1.85 bits per heavy atom. The lowest BCUT2D eigenvalue weighted by atomic mass is 10.1. The topological polar surface area (TPSA) is 95.2 Å². The van der Waals surface area contributed by atoms with Crippen molar-refractivity contribution in [1.29, 1.82) is 0 Å². The lowest BCUT2D eigenvalue weighted by molar-refractivity contribution is -0.124. The van der Waals surface area contributed by atoms with Crippen LogP contribution >= 0.6 is 0 Å². The Morgan fingerprint density at radius 3 is 2.62 bits per heavy atom. The smallest absolute Gasteiger partial charge is 0.243 e. The van der Waals surface area contributed by atoms with E-state index in [2.05, 4.69) is 15.3 Å². The summed E-state index contributed by atoms with van der Waals surface area (Å²) in [6.07, 6.45) is 1.15. The van der Waals surface area contributed by atoms with Crippen molar-refractivity contribution < 1.29 is 13.2 Å². The SMILES string of the molecule is Cc1ccc(CNC(=O)C2CCCN2S(=O)(=O)c2ccc3nc(-c4ccccc4)[nH]c3c2)cc1. The van der Waals surface area contributed by atoms with Crippen LogP contribution in [0.15, 0.2) is 77.7 Å². The van der Waals surface area contributed by atoms with Gasteiger partial charge in [-0.15, -0.1) is 0 Å². The maximum Gasteiger partial charge on any atom is 0.243 e. The van der Waals surface area contributed by atoms with Crippen LogP contribution in [0, 0.1) is 6.92 Å². The molecule has 8 heteroatoms. The molecule has 3 aromatic carbocycles. The van der Waals surface area contributed by atoms with Crippen LogP contribution in [0.5, 0.6) is 0 Å². The molecule has 5 rings (SSSR count). The van der Waals surface area contributed by atoms with Gasteiger partial charge in [0.15, 0.2) is 0 Å². The molecule has 1 saturated heterocycles. The first-order valence-electron chi connectivity index (χ1n) is 11.3. The van der Waals surface area contributed by atoms with Crippen molar-refractivity contribution in [3.8, 4) is 11.4 Å². The molecule has 1 aliphatic rings. The Labute approximate surface area is 198 Å². The summed E-state index contributed by atoms with van der Waals surface area (Å²) in [6.45, 7) is 2.69. The number of sulfonamides is 1. The number of aryl methyl sites for hydroxylation is 1. The number of aromatic amines is 1. The van der Waals surface area contributed by atoms with Crippen LogP contribution in [0.4, 0.5) is 0 Å². The van der Waals surface area contributed by atoms with Crippen molar-refractivity contribution in [2.24, 2.45) is 0 Å². The summed E-state index contributed by atoms with van der Waals surface area (Å²) in [7, 11) is -3.84. The predicted molar refractivity (Wildman–Crippen MR) is 131 cm³/mol. The van der Waals surface area contributed by atoms with E-state index in [0.29, 0.717) is 42.8 Å². The number of carbonyl (C=O) groups is 1. The van der Waals surface area contributed by atoms with Crippen LogP contribution in [-0.4, -0.2) is 41.2 Å². The fraction of sp³-hybridized carbons (Fsp3) is 0.231. The summed E-state index contributed by atoms with van der Waals surface area (Å²) in [5.41, 5.74) is 4.37. The first-order valence-corrected chi connectivity index (χ1v) is 12.8. The van der Waals surface area contributed by atoms with E-state index < -0.39 is 16.1 Å². The number of hydrogen-bond donors (Lipinski definition) is 2. The van der Waals surface area contributed by atoms with Gasteiger partial charge in [-0.05, 0) is 43.5 Å². The van der Waals surface area contributed by atoms with E-state index in [4.69, 9.17) is 0 Å². The Morgan fingerprint density at radius 1 is 1.09 bits per heavy atom. The highest BCUT2D eigenvalue weighted by Crippen LogP contribution is 2.29. The number of carbonyl (C=O) groups excluding carboxylic acids is 1. The molecule has 0 aliphatic carbocycles. The number of rotatable bonds is 6. The van der Waals surface area contributed by atoms with Gasteiger partial charge >= 0.3 is 0 Å². The largest absolute Gasteiger partial charge is 0.351 e. The van der Waals surface area contributed by atoms with Crippen LogP contribution in [0.3, 0.4) is 0 Å². The molecular formula is C26H26N4O3S. The van der Waals surface area contributed by atoms with Crippen molar-refractivity contribution >= 4 is 27.0 Å². The van der Waals surface area contributed by atoms with Crippen molar-refractivity contribution in [2.75, 3.05) is 6.54 Å². The Balaban J connectivity index is 1.36. The van der Waals surface area contributed by atoms with Gasteiger partial charge in [0.05, 0.1) is 15.9 Å². The molecular weight excluding hydrogens is 448 g/mol. The first-order chi connectivity index (χ1) is 16.4. The van der Waals surface area contributed by atoms with Gasteiger partial charge in [0, 0.05) is 18.7 Å². The van der Waals surface area contributed by atoms with E-state index in [1.807, 2.05) is 61.5 Å². The second-order valence-electron chi connectivity index (χ2n) is 8.61. The third kappa shape index (κ3) is 4.34. The Hall–Kier alpha value is -3.49. The Bertz CT molecular complexity index is 1430. The predicted octanol–water partition coefficient (Wildman–Crippen LogP) is 4.01. The second kappa shape index (κ2) is 9.04. The van der Waals surface area contributed by atoms with E-state index in [0.717, 1.165) is 16.7 Å². The minimum Gasteiger partial charge on any atom is -0.351 e. The summed E-state index contributed by atoms with van der Waals surface area (Å²) in [6, 6.07) is 21.7. The third-order valence-electron chi connectivity index (χ3n) is 6.20. The lowest BCUT2D eigenvalue weighted by Crippen LogP contribution is -2.45. The number of nitrogens with zero attached hydrogens (tertiary/aromatic N) is 2. The van der Waals surface area contributed by atoms with Crippen LogP contribution in [-0.2, 0) is 21.4 Å². The molecule has 0 spiro atoms. The van der Waals surface area contributed by atoms with Gasteiger partial charge in [0.2, 0.25) is 15.9 Å². The number of nitrogens with one attached hydrogen (secondary N) is 2. The van der Waals surface area contributed by atoms with E-state index in [9.17, 15) is 13.2 Å². The van der Waals surface area contributed by atoms with Crippen molar-refractivity contribution in [1.82, 2.24) is 19.6 Å². The zero-order valence-electron chi connectivity index (χ0n) is 18.9. The summed E-state index contributed by atoms with van der Waals surface area (Å²) < 4.78 is 28.3. The molecule has 1 amide bonds. The fourth-order valence-corrected chi connectivity index (χ4v) is 6.00. The summed E-state index contributed by atoms with van der Waals surface area (Å²) in [5.74, 6) is 0.412. The number of benzene rings is 3. The maximum absolute atomic E-state index is 13.5. The maximum atomic E-state index is 13.5. The molecule has 2 N–H and O–H groups in total. The third-order valence-corrected chi connectivity index (χ3v) is 8.11. The first kappa shape index (κ1) is 22.3. The van der Waals surface area contributed by atoms with Gasteiger partial charge in [-0.2, -0.15) is 4.31 Å². The van der Waals surface area contributed by atoms with Gasteiger partial charge in [0.25, 0.3) is 0 Å². The van der Waals surface area contributed by atoms with Crippen LogP contribution in [0.25, 0.3) is 22.4 Å². The quantitative estimate of drug-likeness (QED) is 0.441. The van der Waals surface area contributed by atoms with E-state index >= 15 is 0 Å². The molecule has 0 bridgehead atoms. The normalized spacial score (nSPS) is 16.7. The number of hydrogen-bond acceptors (Lipinski definition) is 4. The number of aromatic nitrogens is 2. The van der Waals surface area contributed by atoms with E-state index in [-0.39, 0.29) is 10.8 Å². The summed E-state index contributed by atoms with van der Waals surface area (Å²) in [4.78, 5) is 20.9. The fourth-order valence-electron chi connectivity index (χ4n) is 4.32. The van der Waals surface area contributed by atoms with Crippen molar-refractivity contribution in [3.63, 3.8) is 0 Å². The minimum absolute atomic E-state index is 0.154. The van der Waals surface area contributed by atoms with Gasteiger partial charge in [-0.25, -0.2) is 13.4 Å². The molecule has 2 heterocycles. The van der Waals surface area contributed by atoms with E-state index in [1.165, 1.54) is 4.31 Å². The zero-order valence-corrected chi connectivity index (χ0v) is 19.7. The molecule has 0 saturated carbocycles. The molecule has 7 nitrogen and oxygen atoms in total. The molecule has 4 aromatic rings. The molecule has 1 atom stereocenters. The van der Waals surface area contributed by atoms with Gasteiger partial charge in [-0.1, -0.05) is 60.2 Å². The van der Waals surface area contributed by atoms with E-state index in [1.54, 1.807) is 18.2 Å². The number of imidazole rings is 1. The second-order valence-corrected chi connectivity index (χ2v) is 10.5. The summed E-state index contributed by atoms with van der Waals surface area (Å²) in [5, 5.41) is 2.90. The molecule has 1 aromatic heterocycles. The molecule has 1 unspecified atom stereocenters.